The first-order valence-electron chi connectivity index (χ1n) is 14.9. The van der Waals surface area contributed by atoms with Crippen molar-refractivity contribution < 1.29 is 4.42 Å². The average molecular weight is 563 g/mol. The molecule has 0 aliphatic carbocycles. The molecule has 3 heterocycles. The molecule has 3 heteroatoms. The van der Waals surface area contributed by atoms with Gasteiger partial charge in [-0.15, -0.1) is 0 Å². The molecule has 0 fully saturated rings. The molecule has 0 aliphatic heterocycles. The Labute approximate surface area is 254 Å². The number of hydrogen-bond donors (Lipinski definition) is 0. The Morgan fingerprint density at radius 1 is 0.432 bits per heavy atom. The van der Waals surface area contributed by atoms with Crippen molar-refractivity contribution in [3.05, 3.63) is 158 Å². The number of rotatable bonds is 4. The molecule has 0 aliphatic rings. The molecule has 9 rings (SSSR count). The zero-order valence-corrected chi connectivity index (χ0v) is 23.8. The molecule has 0 unspecified atom stereocenters. The minimum absolute atomic E-state index is 0.851. The van der Waals surface area contributed by atoms with Gasteiger partial charge < -0.3 is 4.42 Å². The van der Waals surface area contributed by atoms with Crippen LogP contribution in [0.4, 0.5) is 0 Å². The highest BCUT2D eigenvalue weighted by atomic mass is 16.3. The molecule has 0 amide bonds. The normalized spacial score (nSPS) is 11.6. The van der Waals surface area contributed by atoms with Gasteiger partial charge in [-0.05, 0) is 64.7 Å². The van der Waals surface area contributed by atoms with Crippen LogP contribution in [0.1, 0.15) is 0 Å². The Morgan fingerprint density at radius 2 is 1.02 bits per heavy atom. The Balaban J connectivity index is 1.34. The first kappa shape index (κ1) is 24.6. The summed E-state index contributed by atoms with van der Waals surface area (Å²) in [6.45, 7) is 0. The van der Waals surface area contributed by atoms with Gasteiger partial charge in [-0.25, -0.2) is 4.98 Å². The number of aromatic nitrogens is 2. The summed E-state index contributed by atoms with van der Waals surface area (Å²) in [5, 5.41) is 4.62. The van der Waals surface area contributed by atoms with E-state index in [0.29, 0.717) is 0 Å². The molecule has 0 saturated carbocycles. The van der Waals surface area contributed by atoms with E-state index in [1.807, 2.05) is 12.1 Å². The van der Waals surface area contributed by atoms with Crippen LogP contribution in [-0.4, -0.2) is 9.55 Å². The Kier molecular flexibility index (Phi) is 5.50. The van der Waals surface area contributed by atoms with Crippen LogP contribution in [0.25, 0.3) is 83.1 Å². The fourth-order valence-corrected chi connectivity index (χ4v) is 6.56. The van der Waals surface area contributed by atoms with Crippen molar-refractivity contribution in [2.24, 2.45) is 0 Å². The predicted octanol–water partition coefficient (Wildman–Crippen LogP) is 11.1. The molecule has 44 heavy (non-hydrogen) atoms. The van der Waals surface area contributed by atoms with E-state index in [2.05, 4.69) is 150 Å². The summed E-state index contributed by atoms with van der Waals surface area (Å²) in [6.07, 6.45) is 0. The van der Waals surface area contributed by atoms with Crippen molar-refractivity contribution in [3.63, 3.8) is 0 Å². The van der Waals surface area contributed by atoms with Crippen LogP contribution in [0.5, 0.6) is 0 Å². The molecule has 9 aromatic rings. The van der Waals surface area contributed by atoms with Crippen LogP contribution in [-0.2, 0) is 0 Å². The standard InChI is InChI=1S/C41H26N2O/c1-2-12-27(13-3-1)28-14-10-15-29(24-28)30-25-36(35-20-11-19-34-33-18-6-9-23-39(33)44-41(34)35)42-40(26-30)43-37-21-7-4-16-31(37)32-17-5-8-22-38(32)43/h1-26H. The van der Waals surface area contributed by atoms with E-state index in [9.17, 15) is 0 Å². The van der Waals surface area contributed by atoms with Crippen molar-refractivity contribution in [1.29, 1.82) is 0 Å². The van der Waals surface area contributed by atoms with Crippen LogP contribution in [0.15, 0.2) is 162 Å². The zero-order valence-electron chi connectivity index (χ0n) is 23.8. The molecule has 0 spiro atoms. The summed E-state index contributed by atoms with van der Waals surface area (Å²) < 4.78 is 8.77. The molecule has 0 N–H and O–H groups in total. The molecule has 0 radical (unpaired) electrons. The third-order valence-corrected chi connectivity index (χ3v) is 8.60. The van der Waals surface area contributed by atoms with Crippen LogP contribution in [0.3, 0.4) is 0 Å². The van der Waals surface area contributed by atoms with Crippen LogP contribution < -0.4 is 0 Å². The Morgan fingerprint density at radius 3 is 1.80 bits per heavy atom. The van der Waals surface area contributed by atoms with E-state index in [-0.39, 0.29) is 0 Å². The van der Waals surface area contributed by atoms with Crippen molar-refractivity contribution >= 4 is 43.7 Å². The fraction of sp³-hybridized carbons (Fsp3) is 0. The predicted molar refractivity (Wildman–Crippen MR) is 182 cm³/mol. The van der Waals surface area contributed by atoms with Crippen molar-refractivity contribution in [1.82, 2.24) is 9.55 Å². The second kappa shape index (κ2) is 9.82. The maximum atomic E-state index is 6.48. The minimum Gasteiger partial charge on any atom is -0.455 e. The maximum Gasteiger partial charge on any atom is 0.144 e. The van der Waals surface area contributed by atoms with Gasteiger partial charge in [0.05, 0.1) is 16.7 Å². The second-order valence-corrected chi connectivity index (χ2v) is 11.2. The topological polar surface area (TPSA) is 31.0 Å². The minimum atomic E-state index is 0.851. The Hall–Kier alpha value is -5.93. The third kappa shape index (κ3) is 3.87. The number of para-hydroxylation sites is 4. The summed E-state index contributed by atoms with van der Waals surface area (Å²) in [7, 11) is 0. The lowest BCUT2D eigenvalue weighted by Gasteiger charge is -2.14. The molecule has 206 valence electrons. The van der Waals surface area contributed by atoms with E-state index in [1.54, 1.807) is 0 Å². The highest BCUT2D eigenvalue weighted by Gasteiger charge is 2.18. The van der Waals surface area contributed by atoms with Crippen molar-refractivity contribution in [2.75, 3.05) is 0 Å². The fourth-order valence-electron chi connectivity index (χ4n) is 6.56. The molecule has 0 atom stereocenters. The first-order valence-corrected chi connectivity index (χ1v) is 14.9. The van der Waals surface area contributed by atoms with E-state index >= 15 is 0 Å². The van der Waals surface area contributed by atoms with E-state index < -0.39 is 0 Å². The van der Waals surface area contributed by atoms with Crippen LogP contribution in [0.2, 0.25) is 0 Å². The van der Waals surface area contributed by atoms with Gasteiger partial charge in [0.25, 0.3) is 0 Å². The van der Waals surface area contributed by atoms with Gasteiger partial charge in [0.15, 0.2) is 0 Å². The molecule has 0 saturated heterocycles. The van der Waals surface area contributed by atoms with Gasteiger partial charge in [-0.2, -0.15) is 0 Å². The summed E-state index contributed by atoms with van der Waals surface area (Å²) >= 11 is 0. The van der Waals surface area contributed by atoms with Crippen LogP contribution >= 0.6 is 0 Å². The SMILES string of the molecule is c1ccc(-c2cccc(-c3cc(-c4cccc5c4oc4ccccc45)nc(-n4c5ccccc5c5ccccc54)c3)c2)cc1. The number of furan rings is 1. The molecule has 3 aromatic heterocycles. The Bertz CT molecular complexity index is 2450. The van der Waals surface area contributed by atoms with Crippen molar-refractivity contribution in [2.45, 2.75) is 0 Å². The number of pyridine rings is 1. The van der Waals surface area contributed by atoms with Crippen molar-refractivity contribution in [3.8, 4) is 39.3 Å². The monoisotopic (exact) mass is 562 g/mol. The maximum absolute atomic E-state index is 6.48. The van der Waals surface area contributed by atoms with E-state index in [1.165, 1.54) is 21.9 Å². The molecule has 3 nitrogen and oxygen atoms in total. The van der Waals surface area contributed by atoms with Gasteiger partial charge in [0, 0.05) is 27.1 Å². The van der Waals surface area contributed by atoms with Gasteiger partial charge >= 0.3 is 0 Å². The molecule has 0 bridgehead atoms. The average Bonchev–Trinajstić information content (AvgIpc) is 3.65. The number of nitrogens with zero attached hydrogens (tertiary/aromatic N) is 2. The lowest BCUT2D eigenvalue weighted by molar-refractivity contribution is 0.670. The number of fused-ring (bicyclic) bond motifs is 6. The van der Waals surface area contributed by atoms with Gasteiger partial charge in [0.2, 0.25) is 0 Å². The second-order valence-electron chi connectivity index (χ2n) is 11.2. The molecule has 6 aromatic carbocycles. The number of hydrogen-bond acceptors (Lipinski definition) is 2. The highest BCUT2D eigenvalue weighted by Crippen LogP contribution is 2.39. The highest BCUT2D eigenvalue weighted by molar-refractivity contribution is 6.10. The molecular formula is C41H26N2O. The zero-order chi connectivity index (χ0) is 29.0. The summed E-state index contributed by atoms with van der Waals surface area (Å²) in [4.78, 5) is 5.38. The summed E-state index contributed by atoms with van der Waals surface area (Å²) in [5.74, 6) is 0.869. The summed E-state index contributed by atoms with van der Waals surface area (Å²) in [5.41, 5.74) is 10.4. The quantitative estimate of drug-likeness (QED) is 0.214. The van der Waals surface area contributed by atoms with E-state index in [4.69, 9.17) is 9.40 Å². The van der Waals surface area contributed by atoms with Gasteiger partial charge in [0.1, 0.15) is 17.0 Å². The van der Waals surface area contributed by atoms with Gasteiger partial charge in [-0.1, -0.05) is 115 Å². The molecular weight excluding hydrogens is 536 g/mol. The summed E-state index contributed by atoms with van der Waals surface area (Å²) in [6, 6.07) is 55.4. The van der Waals surface area contributed by atoms with Crippen LogP contribution in [0, 0.1) is 0 Å². The van der Waals surface area contributed by atoms with E-state index in [0.717, 1.165) is 61.2 Å². The van der Waals surface area contributed by atoms with Gasteiger partial charge in [-0.3, -0.25) is 4.57 Å². The lowest BCUT2D eigenvalue weighted by Crippen LogP contribution is -2.00. The largest absolute Gasteiger partial charge is 0.455 e. The first-order chi connectivity index (χ1) is 21.8. The lowest BCUT2D eigenvalue weighted by atomic mass is 9.98. The third-order valence-electron chi connectivity index (χ3n) is 8.60. The number of benzene rings is 6. The smallest absolute Gasteiger partial charge is 0.144 e.